The second-order valence-corrected chi connectivity index (χ2v) is 4.89. The Morgan fingerprint density at radius 3 is 1.64 bits per heavy atom. The van der Waals surface area contributed by atoms with E-state index in [1.807, 2.05) is 0 Å². The van der Waals surface area contributed by atoms with Crippen molar-refractivity contribution in [1.82, 2.24) is 0 Å². The number of thiophene rings is 1. The van der Waals surface area contributed by atoms with Crippen LogP contribution in [0.1, 0.15) is 0 Å². The zero-order valence-electron chi connectivity index (χ0n) is 7.60. The maximum Gasteiger partial charge on any atom is 0.203 e. The highest BCUT2D eigenvalue weighted by molar-refractivity contribution is 7.43. The molecule has 0 unspecified atom stereocenters. The van der Waals surface area contributed by atoms with E-state index in [1.54, 1.807) is 0 Å². The maximum atomic E-state index is 6.19. The highest BCUT2D eigenvalue weighted by atomic mass is 32.2. The maximum absolute atomic E-state index is 6.19. The van der Waals surface area contributed by atoms with Crippen LogP contribution in [0.4, 0.5) is 0 Å². The summed E-state index contributed by atoms with van der Waals surface area (Å²) in [6.45, 7) is 0. The minimum Gasteiger partial charge on any atom is -0.130 e. The van der Waals surface area contributed by atoms with Gasteiger partial charge in [-0.15, -0.1) is 5.14 Å². The first-order valence-electron chi connectivity index (χ1n) is 4.55. The van der Waals surface area contributed by atoms with Crippen molar-refractivity contribution >= 4 is 30.8 Å². The third kappa shape index (κ3) is 0.924. The molecule has 0 saturated heterocycles. The number of rotatable bonds is 0. The Morgan fingerprint density at radius 2 is 1.14 bits per heavy atom. The minimum absolute atomic E-state index is 0.223. The smallest absolute Gasteiger partial charge is 0.130 e. The molecule has 3 aromatic rings. The number of hydrogen-bond donors (Lipinski definition) is 1. The Labute approximate surface area is 84.9 Å². The highest BCUT2D eigenvalue weighted by Crippen LogP contribution is 2.37. The van der Waals surface area contributed by atoms with Gasteiger partial charge in [-0.2, -0.15) is 0 Å². The van der Waals surface area contributed by atoms with Crippen molar-refractivity contribution in [2.24, 2.45) is 0 Å². The number of fused-ring (bicyclic) bond motifs is 3. The fourth-order valence-electron chi connectivity index (χ4n) is 1.88. The van der Waals surface area contributed by atoms with E-state index in [0.29, 0.717) is 0 Å². The van der Waals surface area contributed by atoms with Crippen molar-refractivity contribution in [2.75, 3.05) is 5.14 Å². The van der Waals surface area contributed by atoms with Gasteiger partial charge in [0.05, 0.1) is 10.7 Å². The van der Waals surface area contributed by atoms with Gasteiger partial charge < -0.3 is 0 Å². The average Bonchev–Trinajstić information content (AvgIpc) is 2.55. The third-order valence-electron chi connectivity index (χ3n) is 2.54. The summed E-state index contributed by atoms with van der Waals surface area (Å²) in [5.74, 6) is 0. The van der Waals surface area contributed by atoms with Gasteiger partial charge in [0.15, 0.2) is 0 Å². The highest BCUT2D eigenvalue weighted by Gasteiger charge is 2.16. The molecule has 0 amide bonds. The Balaban J connectivity index is 2.69. The molecule has 1 heterocycles. The second-order valence-electron chi connectivity index (χ2n) is 3.33. The topological polar surface area (TPSA) is 26.0 Å². The predicted octanol–water partition coefficient (Wildman–Crippen LogP) is 3.46. The summed E-state index contributed by atoms with van der Waals surface area (Å²) in [7, 11) is -0.223. The van der Waals surface area contributed by atoms with E-state index < -0.39 is 0 Å². The van der Waals surface area contributed by atoms with Gasteiger partial charge in [-0.3, -0.25) is 0 Å². The van der Waals surface area contributed by atoms with Crippen molar-refractivity contribution in [2.45, 2.75) is 0 Å². The van der Waals surface area contributed by atoms with Crippen molar-refractivity contribution in [3.8, 4) is 0 Å². The third-order valence-corrected chi connectivity index (χ3v) is 4.20. The molecule has 1 nitrogen and oxygen atoms in total. The molecule has 0 saturated carbocycles. The molecule has 14 heavy (non-hydrogen) atoms. The molecule has 0 spiro atoms. The lowest BCUT2D eigenvalue weighted by molar-refractivity contribution is 1.84. The Hall–Kier alpha value is -1.38. The average molecular weight is 200 g/mol. The van der Waals surface area contributed by atoms with E-state index >= 15 is 0 Å². The first kappa shape index (κ1) is 7.97. The molecule has 68 valence electrons. The SMILES string of the molecule is N[s+]1c2ccccc2c2ccccc21. The first-order chi connectivity index (χ1) is 6.88. The van der Waals surface area contributed by atoms with Crippen LogP contribution >= 0.6 is 10.7 Å². The Bertz CT molecular complexity index is 557. The molecule has 1 aromatic heterocycles. The van der Waals surface area contributed by atoms with Crippen molar-refractivity contribution < 1.29 is 0 Å². The minimum atomic E-state index is -0.223. The first-order valence-corrected chi connectivity index (χ1v) is 5.84. The normalized spacial score (nSPS) is 11.2. The predicted molar refractivity (Wildman–Crippen MR) is 64.1 cm³/mol. The lowest BCUT2D eigenvalue weighted by atomic mass is 10.2. The summed E-state index contributed by atoms with van der Waals surface area (Å²) in [4.78, 5) is 0. The van der Waals surface area contributed by atoms with E-state index in [2.05, 4.69) is 48.5 Å². The number of hydrogen-bond acceptors (Lipinski definition) is 1. The molecule has 2 heteroatoms. The van der Waals surface area contributed by atoms with E-state index in [4.69, 9.17) is 5.14 Å². The number of benzene rings is 2. The fraction of sp³-hybridized carbons (Fsp3) is 0. The molecule has 2 N–H and O–H groups in total. The largest absolute Gasteiger partial charge is 0.203 e. The lowest BCUT2D eigenvalue weighted by Crippen LogP contribution is -1.76. The molecule has 0 bridgehead atoms. The zero-order chi connectivity index (χ0) is 9.54. The molecule has 2 aromatic carbocycles. The molecule has 0 atom stereocenters. The van der Waals surface area contributed by atoms with Crippen molar-refractivity contribution in [3.05, 3.63) is 48.5 Å². The van der Waals surface area contributed by atoms with Crippen molar-refractivity contribution in [3.63, 3.8) is 0 Å². The van der Waals surface area contributed by atoms with Crippen LogP contribution in [0.25, 0.3) is 20.2 Å². The summed E-state index contributed by atoms with van der Waals surface area (Å²) in [5.41, 5.74) is 0. The van der Waals surface area contributed by atoms with Crippen LogP contribution in [0.3, 0.4) is 0 Å². The van der Waals surface area contributed by atoms with Gasteiger partial charge in [0, 0.05) is 22.9 Å². The molecule has 0 radical (unpaired) electrons. The number of nitrogen functional groups attached to an aromatic ring is 1. The second kappa shape index (κ2) is 2.80. The lowest BCUT2D eigenvalue weighted by Gasteiger charge is -1.83. The monoisotopic (exact) mass is 200 g/mol. The number of nitrogens with two attached hydrogens (primary N) is 1. The van der Waals surface area contributed by atoms with Gasteiger partial charge in [-0.1, -0.05) is 24.3 Å². The molecule has 0 aliphatic carbocycles. The van der Waals surface area contributed by atoms with Gasteiger partial charge in [-0.25, -0.2) is 0 Å². The molecule has 0 fully saturated rings. The summed E-state index contributed by atoms with van der Waals surface area (Å²) in [5, 5.41) is 8.79. The molecular weight excluding hydrogens is 190 g/mol. The Kier molecular flexibility index (Phi) is 1.60. The summed E-state index contributed by atoms with van der Waals surface area (Å²) in [6, 6.07) is 16.8. The van der Waals surface area contributed by atoms with Crippen molar-refractivity contribution in [1.29, 1.82) is 0 Å². The van der Waals surface area contributed by atoms with E-state index in [0.717, 1.165) is 0 Å². The van der Waals surface area contributed by atoms with Crippen LogP contribution in [-0.4, -0.2) is 0 Å². The van der Waals surface area contributed by atoms with Gasteiger partial charge >= 0.3 is 0 Å². The molecule has 0 aliphatic rings. The molecule has 0 aliphatic heterocycles. The van der Waals surface area contributed by atoms with Crippen LogP contribution in [0.2, 0.25) is 0 Å². The molecule has 3 rings (SSSR count). The van der Waals surface area contributed by atoms with Gasteiger partial charge in [0.2, 0.25) is 9.40 Å². The zero-order valence-corrected chi connectivity index (χ0v) is 8.42. The van der Waals surface area contributed by atoms with Gasteiger partial charge in [-0.05, 0) is 12.1 Å². The van der Waals surface area contributed by atoms with Crippen LogP contribution in [0.15, 0.2) is 48.5 Å². The summed E-state index contributed by atoms with van der Waals surface area (Å²) in [6.07, 6.45) is 0. The van der Waals surface area contributed by atoms with E-state index in [1.165, 1.54) is 20.2 Å². The van der Waals surface area contributed by atoms with E-state index in [-0.39, 0.29) is 10.7 Å². The quantitative estimate of drug-likeness (QED) is 0.552. The van der Waals surface area contributed by atoms with Crippen LogP contribution in [0, 0.1) is 0 Å². The van der Waals surface area contributed by atoms with Crippen LogP contribution in [-0.2, 0) is 0 Å². The molecular formula is C12H10NS+. The Morgan fingerprint density at radius 1 is 0.714 bits per heavy atom. The standard InChI is InChI=1S/C12H10NS/c13-14-11-7-3-1-5-9(11)10-6-2-4-8-12(10)14/h1-8H,13H2/q+1. The summed E-state index contributed by atoms with van der Waals surface area (Å²) < 4.78 is 2.54. The van der Waals surface area contributed by atoms with Crippen LogP contribution in [0.5, 0.6) is 0 Å². The summed E-state index contributed by atoms with van der Waals surface area (Å²) >= 11 is 0. The van der Waals surface area contributed by atoms with Gasteiger partial charge in [0.1, 0.15) is 0 Å². The fourth-order valence-corrected chi connectivity index (χ4v) is 3.40. The van der Waals surface area contributed by atoms with Crippen LogP contribution < -0.4 is 5.14 Å². The van der Waals surface area contributed by atoms with E-state index in [9.17, 15) is 0 Å². The van der Waals surface area contributed by atoms with Gasteiger partial charge in [0.25, 0.3) is 0 Å².